The molecule has 1 amide bonds. The summed E-state index contributed by atoms with van der Waals surface area (Å²) in [6.07, 6.45) is 0.906. The van der Waals surface area contributed by atoms with E-state index in [4.69, 9.17) is 10.00 Å². The summed E-state index contributed by atoms with van der Waals surface area (Å²) >= 11 is 0. The molecule has 164 valence electrons. The predicted molar refractivity (Wildman–Crippen MR) is 126 cm³/mol. The fourth-order valence-corrected chi connectivity index (χ4v) is 4.40. The monoisotopic (exact) mass is 428 g/mol. The number of ether oxygens (including phenoxy) is 1. The quantitative estimate of drug-likeness (QED) is 0.621. The Balaban J connectivity index is 1.51. The van der Waals surface area contributed by atoms with E-state index in [1.807, 2.05) is 73.3 Å². The van der Waals surface area contributed by atoms with Crippen molar-refractivity contribution in [2.45, 2.75) is 20.3 Å². The van der Waals surface area contributed by atoms with Crippen LogP contribution >= 0.6 is 0 Å². The SMILES string of the molecule is COc1ccc(-n2c(C)cc(C(=O)N3CCCN(c4ccc(C#N)cc4)CC3)c2C)cc1. The second-order valence-electron chi connectivity index (χ2n) is 8.11. The molecule has 0 aliphatic carbocycles. The van der Waals surface area contributed by atoms with Crippen LogP contribution in [0.25, 0.3) is 5.69 Å². The van der Waals surface area contributed by atoms with Crippen molar-refractivity contribution in [1.82, 2.24) is 9.47 Å². The number of carbonyl (C=O) groups is 1. The van der Waals surface area contributed by atoms with Crippen LogP contribution in [0.1, 0.15) is 33.7 Å². The van der Waals surface area contributed by atoms with Crippen molar-refractivity contribution in [1.29, 1.82) is 5.26 Å². The predicted octanol–water partition coefficient (Wildman–Crippen LogP) is 4.33. The second kappa shape index (κ2) is 9.19. The normalized spacial score (nSPS) is 14.1. The summed E-state index contributed by atoms with van der Waals surface area (Å²) in [5.41, 5.74) is 5.51. The molecule has 0 radical (unpaired) electrons. The highest BCUT2D eigenvalue weighted by Crippen LogP contribution is 2.25. The smallest absolute Gasteiger partial charge is 0.255 e. The van der Waals surface area contributed by atoms with Crippen LogP contribution in [0, 0.1) is 25.2 Å². The lowest BCUT2D eigenvalue weighted by Gasteiger charge is -2.24. The zero-order valence-corrected chi connectivity index (χ0v) is 18.8. The summed E-state index contributed by atoms with van der Waals surface area (Å²) in [4.78, 5) is 17.7. The average molecular weight is 429 g/mol. The summed E-state index contributed by atoms with van der Waals surface area (Å²) in [6.45, 7) is 7.10. The van der Waals surface area contributed by atoms with Crippen molar-refractivity contribution in [2.24, 2.45) is 0 Å². The first-order valence-corrected chi connectivity index (χ1v) is 10.9. The second-order valence-corrected chi connectivity index (χ2v) is 8.11. The highest BCUT2D eigenvalue weighted by Gasteiger charge is 2.24. The molecule has 6 heteroatoms. The molecule has 0 spiro atoms. The Morgan fingerprint density at radius 2 is 1.62 bits per heavy atom. The van der Waals surface area contributed by atoms with Gasteiger partial charge in [0, 0.05) is 48.9 Å². The maximum atomic E-state index is 13.4. The maximum absolute atomic E-state index is 13.4. The number of nitriles is 1. The van der Waals surface area contributed by atoms with Gasteiger partial charge in [0.25, 0.3) is 5.91 Å². The van der Waals surface area contributed by atoms with E-state index >= 15 is 0 Å². The van der Waals surface area contributed by atoms with Gasteiger partial charge in [-0.2, -0.15) is 5.26 Å². The minimum Gasteiger partial charge on any atom is -0.497 e. The summed E-state index contributed by atoms with van der Waals surface area (Å²) in [5.74, 6) is 0.892. The molecule has 0 N–H and O–H groups in total. The van der Waals surface area contributed by atoms with Gasteiger partial charge in [0.15, 0.2) is 0 Å². The van der Waals surface area contributed by atoms with E-state index in [9.17, 15) is 4.79 Å². The molecule has 1 aliphatic heterocycles. The first-order valence-electron chi connectivity index (χ1n) is 10.9. The van der Waals surface area contributed by atoms with Gasteiger partial charge in [0.1, 0.15) is 5.75 Å². The van der Waals surface area contributed by atoms with Crippen molar-refractivity contribution >= 4 is 11.6 Å². The fraction of sp³-hybridized carbons (Fsp3) is 0.308. The zero-order chi connectivity index (χ0) is 22.7. The van der Waals surface area contributed by atoms with Crippen LogP contribution in [-0.4, -0.2) is 48.7 Å². The molecule has 1 aliphatic rings. The Bertz CT molecular complexity index is 1140. The van der Waals surface area contributed by atoms with Crippen LogP contribution < -0.4 is 9.64 Å². The molecule has 0 unspecified atom stereocenters. The third-order valence-corrected chi connectivity index (χ3v) is 6.14. The molecule has 32 heavy (non-hydrogen) atoms. The number of aromatic nitrogens is 1. The number of rotatable bonds is 4. The van der Waals surface area contributed by atoms with E-state index < -0.39 is 0 Å². The van der Waals surface area contributed by atoms with E-state index in [2.05, 4.69) is 15.5 Å². The van der Waals surface area contributed by atoms with Crippen LogP contribution in [0.3, 0.4) is 0 Å². The van der Waals surface area contributed by atoms with Crippen molar-refractivity contribution in [3.63, 3.8) is 0 Å². The summed E-state index contributed by atoms with van der Waals surface area (Å²) < 4.78 is 7.38. The van der Waals surface area contributed by atoms with E-state index in [0.29, 0.717) is 12.1 Å². The molecule has 2 aromatic carbocycles. The number of nitrogens with zero attached hydrogens (tertiary/aromatic N) is 4. The lowest BCUT2D eigenvalue weighted by atomic mass is 10.2. The number of hydrogen-bond acceptors (Lipinski definition) is 4. The zero-order valence-electron chi connectivity index (χ0n) is 18.8. The van der Waals surface area contributed by atoms with Gasteiger partial charge in [-0.15, -0.1) is 0 Å². The standard InChI is InChI=1S/C26H28N4O2/c1-19-17-25(20(2)30(19)23-9-11-24(32-3)12-10-23)26(31)29-14-4-13-28(15-16-29)22-7-5-21(18-27)6-8-22/h5-12,17H,4,13-16H2,1-3H3. The molecule has 0 saturated carbocycles. The summed E-state index contributed by atoms with van der Waals surface area (Å²) in [5, 5.41) is 9.01. The van der Waals surface area contributed by atoms with Gasteiger partial charge in [-0.05, 0) is 74.9 Å². The van der Waals surface area contributed by atoms with Gasteiger partial charge in [-0.25, -0.2) is 0 Å². The lowest BCUT2D eigenvalue weighted by Crippen LogP contribution is -2.35. The van der Waals surface area contributed by atoms with Gasteiger partial charge < -0.3 is 19.1 Å². The number of aryl methyl sites for hydroxylation is 1. The molecular weight excluding hydrogens is 400 g/mol. The number of hydrogen-bond donors (Lipinski definition) is 0. The molecule has 1 fully saturated rings. The number of anilines is 1. The minimum absolute atomic E-state index is 0.0829. The molecule has 0 atom stereocenters. The largest absolute Gasteiger partial charge is 0.497 e. The van der Waals surface area contributed by atoms with Crippen LogP contribution in [0.2, 0.25) is 0 Å². The minimum atomic E-state index is 0.0829. The first-order chi connectivity index (χ1) is 15.5. The molecule has 1 aromatic heterocycles. The van der Waals surface area contributed by atoms with Gasteiger partial charge in [-0.3, -0.25) is 4.79 Å². The number of benzene rings is 2. The molecule has 6 nitrogen and oxygen atoms in total. The molecule has 2 heterocycles. The van der Waals surface area contributed by atoms with Crippen LogP contribution in [0.5, 0.6) is 5.75 Å². The van der Waals surface area contributed by atoms with Crippen molar-refractivity contribution in [3.8, 4) is 17.5 Å². The maximum Gasteiger partial charge on any atom is 0.255 e. The Morgan fingerprint density at radius 3 is 2.28 bits per heavy atom. The number of methoxy groups -OCH3 is 1. The molecule has 0 bridgehead atoms. The lowest BCUT2D eigenvalue weighted by molar-refractivity contribution is 0.0766. The van der Waals surface area contributed by atoms with Crippen LogP contribution in [-0.2, 0) is 0 Å². The summed E-state index contributed by atoms with van der Waals surface area (Å²) in [7, 11) is 1.65. The van der Waals surface area contributed by atoms with Gasteiger partial charge in [0.2, 0.25) is 0 Å². The van der Waals surface area contributed by atoms with Crippen molar-refractivity contribution in [3.05, 3.63) is 77.1 Å². The van der Waals surface area contributed by atoms with Crippen molar-refractivity contribution in [2.75, 3.05) is 38.2 Å². The number of carbonyl (C=O) groups excluding carboxylic acids is 1. The van der Waals surface area contributed by atoms with E-state index in [0.717, 1.165) is 60.1 Å². The molecular formula is C26H28N4O2. The fourth-order valence-electron chi connectivity index (χ4n) is 4.40. The van der Waals surface area contributed by atoms with E-state index in [1.54, 1.807) is 7.11 Å². The topological polar surface area (TPSA) is 61.5 Å². The molecule has 4 rings (SSSR count). The third kappa shape index (κ3) is 4.19. The molecule has 1 saturated heterocycles. The Hall–Kier alpha value is -3.72. The van der Waals surface area contributed by atoms with Gasteiger partial charge in [0.05, 0.1) is 24.3 Å². The van der Waals surface area contributed by atoms with Gasteiger partial charge in [-0.1, -0.05) is 0 Å². The van der Waals surface area contributed by atoms with Crippen LogP contribution in [0.4, 0.5) is 5.69 Å². The average Bonchev–Trinajstić information content (AvgIpc) is 2.98. The van der Waals surface area contributed by atoms with E-state index in [-0.39, 0.29) is 5.91 Å². The Labute approximate surface area is 189 Å². The highest BCUT2D eigenvalue weighted by molar-refractivity contribution is 5.96. The molecule has 3 aromatic rings. The Morgan fingerprint density at radius 1 is 0.938 bits per heavy atom. The van der Waals surface area contributed by atoms with Crippen molar-refractivity contribution < 1.29 is 9.53 Å². The van der Waals surface area contributed by atoms with E-state index in [1.165, 1.54) is 0 Å². The number of amides is 1. The highest BCUT2D eigenvalue weighted by atomic mass is 16.5. The third-order valence-electron chi connectivity index (χ3n) is 6.14. The first kappa shape index (κ1) is 21.5. The van der Waals surface area contributed by atoms with Crippen LogP contribution in [0.15, 0.2) is 54.6 Å². The van der Waals surface area contributed by atoms with Gasteiger partial charge >= 0.3 is 0 Å². The Kier molecular flexibility index (Phi) is 6.18. The summed E-state index contributed by atoms with van der Waals surface area (Å²) in [6, 6.07) is 19.7.